The van der Waals surface area contributed by atoms with Crippen LogP contribution in [0.5, 0.6) is 0 Å². The Kier molecular flexibility index (Phi) is 3.66. The lowest BCUT2D eigenvalue weighted by molar-refractivity contribution is 0.227. The van der Waals surface area contributed by atoms with E-state index in [2.05, 4.69) is 37.9 Å². The minimum absolute atomic E-state index is 0.656. The summed E-state index contributed by atoms with van der Waals surface area (Å²) in [5.74, 6) is 1.35. The summed E-state index contributed by atoms with van der Waals surface area (Å²) in [5.41, 5.74) is 0.971. The lowest BCUT2D eigenvalue weighted by Crippen LogP contribution is -2.25. The predicted molar refractivity (Wildman–Crippen MR) is 76.5 cm³/mol. The molecule has 100 valence electrons. The van der Waals surface area contributed by atoms with Crippen molar-refractivity contribution in [1.29, 1.82) is 0 Å². The third-order valence-corrected chi connectivity index (χ3v) is 3.85. The molecular weight excluding hydrogens is 306 g/mol. The van der Waals surface area contributed by atoms with Gasteiger partial charge in [0.1, 0.15) is 0 Å². The van der Waals surface area contributed by atoms with E-state index in [0.29, 0.717) is 17.8 Å². The fraction of sp³-hybridized carbons (Fsp3) is 0.429. The molecule has 0 aliphatic heterocycles. The predicted octanol–water partition coefficient (Wildman–Crippen LogP) is 3.48. The van der Waals surface area contributed by atoms with Gasteiger partial charge in [-0.2, -0.15) is 4.98 Å². The molecule has 2 aromatic rings. The molecular formula is C14H16BrN3O. The van der Waals surface area contributed by atoms with Crippen LogP contribution in [0, 0.1) is 0 Å². The largest absolute Gasteiger partial charge is 0.338 e. The molecule has 19 heavy (non-hydrogen) atoms. The van der Waals surface area contributed by atoms with Gasteiger partial charge < -0.3 is 4.52 Å². The Morgan fingerprint density at radius 3 is 2.95 bits per heavy atom. The van der Waals surface area contributed by atoms with Crippen molar-refractivity contribution in [2.75, 3.05) is 6.54 Å². The summed E-state index contributed by atoms with van der Waals surface area (Å²) < 4.78 is 6.37. The zero-order valence-electron chi connectivity index (χ0n) is 10.8. The van der Waals surface area contributed by atoms with Crippen LogP contribution in [0.25, 0.3) is 11.4 Å². The van der Waals surface area contributed by atoms with Crippen molar-refractivity contribution in [1.82, 2.24) is 15.0 Å². The molecule has 1 aliphatic carbocycles. The molecule has 0 amide bonds. The monoisotopic (exact) mass is 321 g/mol. The van der Waals surface area contributed by atoms with Crippen molar-refractivity contribution in [3.63, 3.8) is 0 Å². The molecule has 5 heteroatoms. The average molecular weight is 322 g/mol. The third kappa shape index (κ3) is 3.04. The van der Waals surface area contributed by atoms with E-state index in [4.69, 9.17) is 4.52 Å². The standard InChI is InChI=1S/C14H16BrN3O/c1-2-18(12-6-7-12)9-13-16-14(17-19-13)10-4-3-5-11(15)8-10/h3-5,8,12H,2,6-7,9H2,1H3. The fourth-order valence-electron chi connectivity index (χ4n) is 2.18. The second-order valence-corrected chi connectivity index (χ2v) is 5.73. The molecule has 0 bridgehead atoms. The molecule has 1 heterocycles. The zero-order chi connectivity index (χ0) is 13.2. The lowest BCUT2D eigenvalue weighted by atomic mass is 10.2. The minimum atomic E-state index is 0.656. The van der Waals surface area contributed by atoms with E-state index in [1.54, 1.807) is 0 Å². The Morgan fingerprint density at radius 2 is 2.26 bits per heavy atom. The van der Waals surface area contributed by atoms with E-state index in [9.17, 15) is 0 Å². The van der Waals surface area contributed by atoms with Crippen LogP contribution >= 0.6 is 15.9 Å². The SMILES string of the molecule is CCN(Cc1nc(-c2cccc(Br)c2)no1)C1CC1. The fourth-order valence-corrected chi connectivity index (χ4v) is 2.58. The highest BCUT2D eigenvalue weighted by atomic mass is 79.9. The highest BCUT2D eigenvalue weighted by Crippen LogP contribution is 2.28. The van der Waals surface area contributed by atoms with Crippen molar-refractivity contribution in [3.05, 3.63) is 34.6 Å². The summed E-state index contributed by atoms with van der Waals surface area (Å²) in [5, 5.41) is 4.06. The number of hydrogen-bond acceptors (Lipinski definition) is 4. The van der Waals surface area contributed by atoms with Gasteiger partial charge in [0, 0.05) is 16.1 Å². The summed E-state index contributed by atoms with van der Waals surface area (Å²) >= 11 is 3.45. The van der Waals surface area contributed by atoms with Crippen LogP contribution in [0.15, 0.2) is 33.3 Å². The smallest absolute Gasteiger partial charge is 0.241 e. The third-order valence-electron chi connectivity index (χ3n) is 3.36. The van der Waals surface area contributed by atoms with E-state index in [0.717, 1.165) is 23.1 Å². The van der Waals surface area contributed by atoms with E-state index in [1.165, 1.54) is 12.8 Å². The first-order valence-corrected chi connectivity index (χ1v) is 7.38. The molecule has 1 aliphatic rings. The first kappa shape index (κ1) is 12.8. The Balaban J connectivity index is 1.75. The molecule has 1 aromatic carbocycles. The molecule has 0 N–H and O–H groups in total. The van der Waals surface area contributed by atoms with Crippen LogP contribution in [0.3, 0.4) is 0 Å². The summed E-state index contributed by atoms with van der Waals surface area (Å²) in [6.45, 7) is 3.95. The second-order valence-electron chi connectivity index (χ2n) is 4.82. The molecule has 0 atom stereocenters. The topological polar surface area (TPSA) is 42.2 Å². The zero-order valence-corrected chi connectivity index (χ0v) is 12.4. The van der Waals surface area contributed by atoms with Crippen LogP contribution in [0.2, 0.25) is 0 Å². The molecule has 0 unspecified atom stereocenters. The van der Waals surface area contributed by atoms with Crippen LogP contribution in [-0.4, -0.2) is 27.6 Å². The van der Waals surface area contributed by atoms with Gasteiger partial charge in [-0.25, -0.2) is 0 Å². The molecule has 4 nitrogen and oxygen atoms in total. The van der Waals surface area contributed by atoms with Crippen molar-refractivity contribution in [2.45, 2.75) is 32.4 Å². The van der Waals surface area contributed by atoms with E-state index >= 15 is 0 Å². The Labute approximate surface area is 120 Å². The normalized spacial score (nSPS) is 15.1. The van der Waals surface area contributed by atoms with Crippen LogP contribution in [-0.2, 0) is 6.54 Å². The van der Waals surface area contributed by atoms with E-state index in [1.807, 2.05) is 24.3 Å². The molecule has 0 spiro atoms. The van der Waals surface area contributed by atoms with Gasteiger partial charge in [-0.05, 0) is 31.5 Å². The molecule has 0 radical (unpaired) electrons. The summed E-state index contributed by atoms with van der Waals surface area (Å²) in [6, 6.07) is 8.64. The van der Waals surface area contributed by atoms with Gasteiger partial charge >= 0.3 is 0 Å². The minimum Gasteiger partial charge on any atom is -0.338 e. The van der Waals surface area contributed by atoms with Gasteiger partial charge in [-0.3, -0.25) is 4.90 Å². The summed E-state index contributed by atoms with van der Waals surface area (Å²) in [4.78, 5) is 6.87. The number of benzene rings is 1. The Hall–Kier alpha value is -1.20. The van der Waals surface area contributed by atoms with Gasteiger partial charge in [0.25, 0.3) is 0 Å². The maximum atomic E-state index is 5.35. The van der Waals surface area contributed by atoms with Gasteiger partial charge in [0.2, 0.25) is 11.7 Å². The number of aromatic nitrogens is 2. The van der Waals surface area contributed by atoms with Crippen molar-refractivity contribution in [3.8, 4) is 11.4 Å². The van der Waals surface area contributed by atoms with Crippen molar-refractivity contribution in [2.24, 2.45) is 0 Å². The highest BCUT2D eigenvalue weighted by Gasteiger charge is 2.29. The number of rotatable bonds is 5. The Bertz CT molecular complexity index is 565. The van der Waals surface area contributed by atoms with Gasteiger partial charge in [-0.1, -0.05) is 40.1 Å². The Morgan fingerprint density at radius 1 is 1.42 bits per heavy atom. The highest BCUT2D eigenvalue weighted by molar-refractivity contribution is 9.10. The molecule has 1 saturated carbocycles. The quantitative estimate of drug-likeness (QED) is 0.845. The summed E-state index contributed by atoms with van der Waals surface area (Å²) in [7, 11) is 0. The van der Waals surface area contributed by atoms with Crippen LogP contribution in [0.1, 0.15) is 25.7 Å². The van der Waals surface area contributed by atoms with Gasteiger partial charge in [0.05, 0.1) is 6.54 Å². The van der Waals surface area contributed by atoms with Crippen molar-refractivity contribution >= 4 is 15.9 Å². The number of halogens is 1. The first-order chi connectivity index (χ1) is 9.26. The molecule has 1 fully saturated rings. The van der Waals surface area contributed by atoms with E-state index in [-0.39, 0.29) is 0 Å². The van der Waals surface area contributed by atoms with E-state index < -0.39 is 0 Å². The molecule has 1 aromatic heterocycles. The van der Waals surface area contributed by atoms with Crippen LogP contribution in [0.4, 0.5) is 0 Å². The maximum Gasteiger partial charge on any atom is 0.241 e. The first-order valence-electron chi connectivity index (χ1n) is 6.59. The van der Waals surface area contributed by atoms with Crippen molar-refractivity contribution < 1.29 is 4.52 Å². The van der Waals surface area contributed by atoms with Crippen LogP contribution < -0.4 is 0 Å². The van der Waals surface area contributed by atoms with Gasteiger partial charge in [0.15, 0.2) is 0 Å². The number of hydrogen-bond donors (Lipinski definition) is 0. The molecule has 0 saturated heterocycles. The van der Waals surface area contributed by atoms with Gasteiger partial charge in [-0.15, -0.1) is 0 Å². The average Bonchev–Trinajstić information content (AvgIpc) is 3.15. The summed E-state index contributed by atoms with van der Waals surface area (Å²) in [6.07, 6.45) is 2.58. The lowest BCUT2D eigenvalue weighted by Gasteiger charge is -2.16. The number of nitrogens with zero attached hydrogens (tertiary/aromatic N) is 3. The second kappa shape index (κ2) is 5.43. The molecule has 3 rings (SSSR count). The maximum absolute atomic E-state index is 5.35.